The largest absolute Gasteiger partial charge is 0.497 e. The molecule has 0 fully saturated rings. The Labute approximate surface area is 235 Å². The van der Waals surface area contributed by atoms with Crippen LogP contribution < -0.4 is 24.8 Å². The Morgan fingerprint density at radius 1 is 0.846 bits per heavy atom. The van der Waals surface area contributed by atoms with Crippen LogP contribution in [0, 0.1) is 0 Å². The van der Waals surface area contributed by atoms with Gasteiger partial charge in [-0.25, -0.2) is 4.72 Å². The molecule has 8 heteroatoms. The van der Waals surface area contributed by atoms with E-state index in [1.165, 1.54) is 33.7 Å². The molecule has 0 saturated heterocycles. The fourth-order valence-corrected chi connectivity index (χ4v) is 4.04. The summed E-state index contributed by atoms with van der Waals surface area (Å²) in [5.74, 6) is 0.790. The Bertz CT molecular complexity index is 1210. The highest BCUT2D eigenvalue weighted by Crippen LogP contribution is 2.22. The summed E-state index contributed by atoms with van der Waals surface area (Å²) >= 11 is 1.54. The number of hydrogen-bond acceptors (Lipinski definition) is 6. The number of ether oxygens (including phenoxy) is 1. The van der Waals surface area contributed by atoms with Crippen LogP contribution in [0.25, 0.3) is 11.1 Å². The SMILES string of the molecule is CC(Cc1ccccc1)NSNc1ccc(-c2ccccc2)cc1.COc1ccc(N(C)C=O)cc1.NC=O. The summed E-state index contributed by atoms with van der Waals surface area (Å²) in [6, 6.07) is 37.2. The molecule has 4 rings (SSSR count). The van der Waals surface area contributed by atoms with E-state index < -0.39 is 0 Å². The lowest BCUT2D eigenvalue weighted by atomic mass is 10.1. The molecule has 0 bridgehead atoms. The van der Waals surface area contributed by atoms with Crippen LogP contribution in [-0.2, 0) is 16.0 Å². The van der Waals surface area contributed by atoms with Gasteiger partial charge in [-0.2, -0.15) is 0 Å². The minimum absolute atomic E-state index is 0.250. The van der Waals surface area contributed by atoms with Gasteiger partial charge in [0.2, 0.25) is 12.8 Å². The summed E-state index contributed by atoms with van der Waals surface area (Å²) in [5, 5.41) is 0. The molecule has 1 unspecified atom stereocenters. The number of anilines is 2. The first-order valence-corrected chi connectivity index (χ1v) is 13.2. The van der Waals surface area contributed by atoms with Crippen LogP contribution in [0.5, 0.6) is 5.75 Å². The molecule has 0 saturated carbocycles. The zero-order valence-electron chi connectivity index (χ0n) is 22.5. The summed E-state index contributed by atoms with van der Waals surface area (Å²) in [6.07, 6.45) is 2.03. The fourth-order valence-electron chi connectivity index (χ4n) is 3.44. The van der Waals surface area contributed by atoms with Gasteiger partial charge in [0, 0.05) is 36.6 Å². The van der Waals surface area contributed by atoms with Crippen molar-refractivity contribution in [2.45, 2.75) is 19.4 Å². The van der Waals surface area contributed by atoms with E-state index in [0.717, 1.165) is 30.0 Å². The second-order valence-electron chi connectivity index (χ2n) is 8.41. The molecule has 0 radical (unpaired) electrons. The lowest BCUT2D eigenvalue weighted by molar-refractivity contribution is -0.107. The first-order valence-electron chi connectivity index (χ1n) is 12.3. The Kier molecular flexibility index (Phi) is 14.3. The molecule has 0 heterocycles. The number of carbonyl (C=O) groups excluding carboxylic acids is 2. The zero-order chi connectivity index (χ0) is 28.3. The van der Waals surface area contributed by atoms with Crippen molar-refractivity contribution in [2.24, 2.45) is 5.73 Å². The number of hydrogen-bond donors (Lipinski definition) is 3. The van der Waals surface area contributed by atoms with Crippen molar-refractivity contribution >= 4 is 36.3 Å². The molecular formula is C31H36N4O3S. The van der Waals surface area contributed by atoms with Gasteiger partial charge in [0.25, 0.3) is 0 Å². The van der Waals surface area contributed by atoms with Crippen LogP contribution >= 0.6 is 12.1 Å². The van der Waals surface area contributed by atoms with Gasteiger partial charge < -0.3 is 20.1 Å². The van der Waals surface area contributed by atoms with Crippen molar-refractivity contribution in [3.8, 4) is 16.9 Å². The van der Waals surface area contributed by atoms with Crippen molar-refractivity contribution in [1.29, 1.82) is 0 Å². The number of amides is 2. The van der Waals surface area contributed by atoms with E-state index in [1.807, 2.05) is 30.3 Å². The molecule has 0 aliphatic heterocycles. The normalized spacial score (nSPS) is 10.4. The van der Waals surface area contributed by atoms with E-state index in [1.54, 1.807) is 14.2 Å². The highest BCUT2D eigenvalue weighted by molar-refractivity contribution is 7.98. The molecule has 0 aliphatic rings. The van der Waals surface area contributed by atoms with E-state index in [-0.39, 0.29) is 6.41 Å². The number of carbonyl (C=O) groups is 2. The number of rotatable bonds is 10. The van der Waals surface area contributed by atoms with Gasteiger partial charge in [-0.3, -0.25) is 9.59 Å². The second kappa shape index (κ2) is 18.1. The van der Waals surface area contributed by atoms with Crippen molar-refractivity contribution < 1.29 is 14.3 Å². The zero-order valence-corrected chi connectivity index (χ0v) is 23.3. The predicted octanol–water partition coefficient (Wildman–Crippen LogP) is 5.94. The molecule has 2 amide bonds. The minimum atomic E-state index is 0.250. The number of nitrogens with two attached hydrogens (primary N) is 1. The number of nitrogens with zero attached hydrogens (tertiary/aromatic N) is 1. The maximum atomic E-state index is 10.4. The Morgan fingerprint density at radius 2 is 1.38 bits per heavy atom. The van der Waals surface area contributed by atoms with Gasteiger partial charge in [0.1, 0.15) is 5.75 Å². The summed E-state index contributed by atoms with van der Waals surface area (Å²) in [5.41, 5.74) is 9.94. The lowest BCUT2D eigenvalue weighted by Crippen LogP contribution is -2.23. The number of methoxy groups -OCH3 is 1. The van der Waals surface area contributed by atoms with Gasteiger partial charge in [-0.05, 0) is 66.4 Å². The molecule has 0 aliphatic carbocycles. The minimum Gasteiger partial charge on any atom is -0.497 e. The maximum absolute atomic E-state index is 10.4. The Hall–Kier alpha value is -4.27. The summed E-state index contributed by atoms with van der Waals surface area (Å²) in [6.45, 7) is 2.19. The molecule has 1 atom stereocenters. The van der Waals surface area contributed by atoms with Crippen LogP contribution in [0.15, 0.2) is 109 Å². The third-order valence-electron chi connectivity index (χ3n) is 5.44. The molecular weight excluding hydrogens is 508 g/mol. The predicted molar refractivity (Wildman–Crippen MR) is 164 cm³/mol. The highest BCUT2D eigenvalue weighted by atomic mass is 32.2. The summed E-state index contributed by atoms with van der Waals surface area (Å²) in [7, 11) is 3.31. The van der Waals surface area contributed by atoms with Crippen LogP contribution in [0.4, 0.5) is 11.4 Å². The topological polar surface area (TPSA) is 96.7 Å². The molecule has 204 valence electrons. The van der Waals surface area contributed by atoms with Gasteiger partial charge in [0.15, 0.2) is 0 Å². The van der Waals surface area contributed by atoms with E-state index in [9.17, 15) is 4.79 Å². The Morgan fingerprint density at radius 3 is 1.92 bits per heavy atom. The molecule has 4 aromatic carbocycles. The molecule has 39 heavy (non-hydrogen) atoms. The third kappa shape index (κ3) is 11.8. The van der Waals surface area contributed by atoms with Gasteiger partial charge in [0.05, 0.1) is 7.11 Å². The van der Waals surface area contributed by atoms with Crippen LogP contribution in [0.3, 0.4) is 0 Å². The van der Waals surface area contributed by atoms with E-state index >= 15 is 0 Å². The number of nitrogens with one attached hydrogen (secondary N) is 2. The third-order valence-corrected chi connectivity index (χ3v) is 6.30. The van der Waals surface area contributed by atoms with Crippen molar-refractivity contribution in [1.82, 2.24) is 4.72 Å². The van der Waals surface area contributed by atoms with Crippen molar-refractivity contribution in [3.05, 3.63) is 115 Å². The smallest absolute Gasteiger partial charge is 0.213 e. The monoisotopic (exact) mass is 544 g/mol. The molecule has 7 nitrogen and oxygen atoms in total. The number of primary amides is 1. The molecule has 4 aromatic rings. The summed E-state index contributed by atoms with van der Waals surface area (Å²) in [4.78, 5) is 20.4. The van der Waals surface area contributed by atoms with E-state index in [4.69, 9.17) is 9.53 Å². The second-order valence-corrected chi connectivity index (χ2v) is 9.05. The fraction of sp³-hybridized carbons (Fsp3) is 0.161. The first kappa shape index (κ1) is 31.0. The Balaban J connectivity index is 0.000000298. The van der Waals surface area contributed by atoms with E-state index in [2.05, 4.69) is 101 Å². The van der Waals surface area contributed by atoms with Gasteiger partial charge >= 0.3 is 0 Å². The van der Waals surface area contributed by atoms with Gasteiger partial charge in [-0.15, -0.1) is 0 Å². The maximum Gasteiger partial charge on any atom is 0.213 e. The standard InChI is InChI=1S/C21H22N2S.C9H11NO2.CH3NO/c1-17(16-18-8-4-2-5-9-18)22-24-23-21-14-12-20(13-15-21)19-10-6-3-7-11-19;1-10(7-11)8-3-5-9(12-2)6-4-8;2-1-3/h2-15,17,22-23H,16H2,1H3;3-7H,1-2H3;1H,(H2,2,3). The highest BCUT2D eigenvalue weighted by Gasteiger charge is 2.03. The number of benzene rings is 4. The average Bonchev–Trinajstić information content (AvgIpc) is 2.99. The first-order chi connectivity index (χ1) is 19.0. The molecule has 0 spiro atoms. The summed E-state index contributed by atoms with van der Waals surface area (Å²) < 4.78 is 11.8. The molecule has 0 aromatic heterocycles. The average molecular weight is 545 g/mol. The van der Waals surface area contributed by atoms with Crippen LogP contribution in [0.1, 0.15) is 12.5 Å². The quantitative estimate of drug-likeness (QED) is 0.169. The lowest BCUT2D eigenvalue weighted by Gasteiger charge is -2.14. The van der Waals surface area contributed by atoms with Crippen molar-refractivity contribution in [3.63, 3.8) is 0 Å². The van der Waals surface area contributed by atoms with Crippen LogP contribution in [-0.4, -0.2) is 33.0 Å². The van der Waals surface area contributed by atoms with Gasteiger partial charge in [-0.1, -0.05) is 72.8 Å². The van der Waals surface area contributed by atoms with E-state index in [0.29, 0.717) is 6.04 Å². The van der Waals surface area contributed by atoms with Crippen LogP contribution in [0.2, 0.25) is 0 Å². The molecule has 4 N–H and O–H groups in total. The van der Waals surface area contributed by atoms with Crippen molar-refractivity contribution in [2.75, 3.05) is 23.8 Å².